The fraction of sp³-hybridized carbons (Fsp3) is 0.179. The number of hydrogen-bond acceptors (Lipinski definition) is 7. The summed E-state index contributed by atoms with van der Waals surface area (Å²) in [6.07, 6.45) is 1.63. The monoisotopic (exact) mass is 552 g/mol. The second-order valence-corrected chi connectivity index (χ2v) is 9.80. The van der Waals surface area contributed by atoms with Crippen LogP contribution in [0.25, 0.3) is 6.08 Å². The molecule has 1 aliphatic heterocycles. The van der Waals surface area contributed by atoms with E-state index in [0.717, 1.165) is 5.56 Å². The second-order valence-electron chi connectivity index (χ2n) is 8.38. The molecule has 0 unspecified atom stereocenters. The molecule has 0 fully saturated rings. The van der Waals surface area contributed by atoms with Crippen LogP contribution in [0.15, 0.2) is 86.1 Å². The quantitative estimate of drug-likeness (QED) is 0.309. The van der Waals surface area contributed by atoms with Gasteiger partial charge in [-0.15, -0.1) is 0 Å². The van der Waals surface area contributed by atoms with Crippen LogP contribution in [0.4, 0.5) is 4.39 Å². The van der Waals surface area contributed by atoms with E-state index in [4.69, 9.17) is 25.5 Å². The van der Waals surface area contributed by atoms with Crippen molar-refractivity contribution in [1.29, 1.82) is 0 Å². The Labute approximate surface area is 225 Å². The largest absolute Gasteiger partial charge is 0.486 e. The number of thiazole rings is 1. The molecule has 2 aromatic heterocycles. The molecule has 0 saturated heterocycles. The molecule has 0 bridgehead atoms. The number of nitrogens with zero attached hydrogens (tertiary/aromatic N) is 2. The first-order valence-electron chi connectivity index (χ1n) is 11.8. The van der Waals surface area contributed by atoms with Crippen LogP contribution in [0.1, 0.15) is 37.0 Å². The highest BCUT2D eigenvalue weighted by atomic mass is 35.5. The average Bonchev–Trinajstić information content (AvgIpc) is 3.48. The third-order valence-corrected chi connectivity index (χ3v) is 7.13. The van der Waals surface area contributed by atoms with Crippen LogP contribution in [0.2, 0.25) is 5.02 Å². The number of ether oxygens (including phenoxy) is 2. The van der Waals surface area contributed by atoms with Crippen LogP contribution >= 0.6 is 22.9 Å². The highest BCUT2D eigenvalue weighted by Crippen LogP contribution is 2.30. The van der Waals surface area contributed by atoms with Crippen LogP contribution in [0.3, 0.4) is 0 Å². The molecular weight excluding hydrogens is 531 g/mol. The van der Waals surface area contributed by atoms with E-state index in [9.17, 15) is 14.0 Å². The first-order valence-corrected chi connectivity index (χ1v) is 13.0. The molecule has 4 aromatic rings. The summed E-state index contributed by atoms with van der Waals surface area (Å²) in [5, 5.41) is -0.0341. The maximum Gasteiger partial charge on any atom is 0.338 e. The van der Waals surface area contributed by atoms with Crippen molar-refractivity contribution in [2.24, 2.45) is 4.99 Å². The van der Waals surface area contributed by atoms with Crippen molar-refractivity contribution < 1.29 is 23.1 Å². The lowest BCUT2D eigenvalue weighted by molar-refractivity contribution is -0.139. The number of fused-ring (bicyclic) bond motifs is 1. The lowest BCUT2D eigenvalue weighted by Crippen LogP contribution is -2.39. The molecule has 0 amide bonds. The lowest BCUT2D eigenvalue weighted by atomic mass is 9.96. The molecule has 0 aliphatic carbocycles. The minimum atomic E-state index is -0.670. The third kappa shape index (κ3) is 5.07. The van der Waals surface area contributed by atoms with Gasteiger partial charge in [-0.1, -0.05) is 53.3 Å². The zero-order valence-corrected chi connectivity index (χ0v) is 22.0. The Morgan fingerprint density at radius 2 is 2.00 bits per heavy atom. The van der Waals surface area contributed by atoms with Gasteiger partial charge in [-0.3, -0.25) is 9.36 Å². The smallest absolute Gasteiger partial charge is 0.338 e. The van der Waals surface area contributed by atoms with Gasteiger partial charge < -0.3 is 13.9 Å². The van der Waals surface area contributed by atoms with Gasteiger partial charge in [-0.25, -0.2) is 14.2 Å². The summed E-state index contributed by atoms with van der Waals surface area (Å²) in [5.41, 5.74) is 1.31. The number of esters is 1. The van der Waals surface area contributed by atoms with E-state index in [-0.39, 0.29) is 23.8 Å². The first kappa shape index (κ1) is 25.7. The zero-order valence-electron chi connectivity index (χ0n) is 20.4. The molecule has 0 saturated carbocycles. The summed E-state index contributed by atoms with van der Waals surface area (Å²) < 4.78 is 32.0. The van der Waals surface area contributed by atoms with Gasteiger partial charge in [0.05, 0.1) is 33.5 Å². The maximum atomic E-state index is 13.6. The molecule has 0 radical (unpaired) electrons. The minimum Gasteiger partial charge on any atom is -0.486 e. The molecule has 0 spiro atoms. The number of hydrogen-bond donors (Lipinski definition) is 0. The van der Waals surface area contributed by atoms with Gasteiger partial charge in [0.25, 0.3) is 5.56 Å². The first-order chi connectivity index (χ1) is 18.4. The Hall–Kier alpha value is -3.95. The molecule has 194 valence electrons. The number of furan rings is 1. The van der Waals surface area contributed by atoms with Crippen molar-refractivity contribution in [2.45, 2.75) is 26.5 Å². The van der Waals surface area contributed by atoms with E-state index in [1.54, 1.807) is 32.1 Å². The molecule has 10 heteroatoms. The van der Waals surface area contributed by atoms with Crippen molar-refractivity contribution in [3.05, 3.63) is 120 Å². The van der Waals surface area contributed by atoms with E-state index >= 15 is 0 Å². The molecule has 5 rings (SSSR count). The molecule has 2 aromatic carbocycles. The van der Waals surface area contributed by atoms with Gasteiger partial charge in [-0.05, 0) is 43.7 Å². The second kappa shape index (κ2) is 10.8. The van der Waals surface area contributed by atoms with Gasteiger partial charge in [0.2, 0.25) is 0 Å². The molecule has 38 heavy (non-hydrogen) atoms. The van der Waals surface area contributed by atoms with E-state index < -0.39 is 17.8 Å². The van der Waals surface area contributed by atoms with Gasteiger partial charge in [-0.2, -0.15) is 0 Å². The van der Waals surface area contributed by atoms with Crippen LogP contribution in [0, 0.1) is 5.82 Å². The normalized spacial score (nSPS) is 15.3. The summed E-state index contributed by atoms with van der Waals surface area (Å²) in [5.74, 6) is 0.321. The average molecular weight is 553 g/mol. The van der Waals surface area contributed by atoms with E-state index in [1.807, 2.05) is 30.3 Å². The zero-order chi connectivity index (χ0) is 26.8. The molecule has 0 N–H and O–H groups in total. The number of carbonyl (C=O) groups is 1. The number of rotatable bonds is 7. The summed E-state index contributed by atoms with van der Waals surface area (Å²) >= 11 is 7.01. The lowest BCUT2D eigenvalue weighted by Gasteiger charge is -2.24. The Morgan fingerprint density at radius 1 is 1.21 bits per heavy atom. The van der Waals surface area contributed by atoms with Crippen molar-refractivity contribution in [3.8, 4) is 5.75 Å². The number of allylic oxidation sites excluding steroid dienone is 1. The maximum absolute atomic E-state index is 13.6. The molecule has 7 nitrogen and oxygen atoms in total. The Morgan fingerprint density at radius 3 is 2.74 bits per heavy atom. The molecular formula is C28H22ClFN2O5S. The van der Waals surface area contributed by atoms with Gasteiger partial charge in [0.15, 0.2) is 4.80 Å². The molecule has 1 atom stereocenters. The summed E-state index contributed by atoms with van der Waals surface area (Å²) in [6, 6.07) is 16.2. The van der Waals surface area contributed by atoms with Gasteiger partial charge >= 0.3 is 5.97 Å². The number of carbonyl (C=O) groups excluding carboxylic acids is 1. The minimum absolute atomic E-state index is 0.0341. The van der Waals surface area contributed by atoms with Crippen LogP contribution in [-0.2, 0) is 16.1 Å². The van der Waals surface area contributed by atoms with Crippen LogP contribution < -0.4 is 19.6 Å². The summed E-state index contributed by atoms with van der Waals surface area (Å²) in [6.45, 7) is 3.78. The van der Waals surface area contributed by atoms with E-state index in [1.165, 1.54) is 34.1 Å². The third-order valence-electron chi connectivity index (χ3n) is 5.86. The molecule has 3 heterocycles. The van der Waals surface area contributed by atoms with Gasteiger partial charge in [0, 0.05) is 12.1 Å². The van der Waals surface area contributed by atoms with E-state index in [0.29, 0.717) is 37.9 Å². The highest BCUT2D eigenvalue weighted by molar-refractivity contribution is 7.07. The van der Waals surface area contributed by atoms with Crippen molar-refractivity contribution in [1.82, 2.24) is 4.57 Å². The fourth-order valence-corrected chi connectivity index (χ4v) is 5.34. The summed E-state index contributed by atoms with van der Waals surface area (Å²) in [7, 11) is 0. The molecule has 1 aliphatic rings. The Balaban J connectivity index is 1.49. The standard InChI is InChI=1S/C28H22ClFN2O5S/c1-3-35-27(34)24-16(2)31-28-32(25(24)17-7-5-4-6-8-17)26(33)23(38-28)14-19-9-10-20(37-19)15-36-18-11-12-22(30)21(29)13-18/h4-14,25H,3,15H2,1-2H3/b23-14-/t25-/m0/s1. The van der Waals surface area contributed by atoms with Crippen LogP contribution in [0.5, 0.6) is 5.75 Å². The number of aromatic nitrogens is 1. The predicted octanol–water partition coefficient (Wildman–Crippen LogP) is 4.76. The Bertz CT molecular complexity index is 1720. The topological polar surface area (TPSA) is 83.0 Å². The fourth-order valence-electron chi connectivity index (χ4n) is 4.14. The number of halogens is 2. The van der Waals surface area contributed by atoms with Crippen LogP contribution in [-0.4, -0.2) is 17.1 Å². The van der Waals surface area contributed by atoms with E-state index in [2.05, 4.69) is 4.99 Å². The van der Waals surface area contributed by atoms with Gasteiger partial charge in [0.1, 0.15) is 29.7 Å². The highest BCUT2D eigenvalue weighted by Gasteiger charge is 2.33. The van der Waals surface area contributed by atoms with Crippen molar-refractivity contribution in [2.75, 3.05) is 6.61 Å². The Kier molecular flexibility index (Phi) is 7.31. The summed E-state index contributed by atoms with van der Waals surface area (Å²) in [4.78, 5) is 31.5. The number of benzene rings is 2. The van der Waals surface area contributed by atoms with Crippen molar-refractivity contribution >= 4 is 35.0 Å². The SMILES string of the molecule is CCOC(=O)C1=C(C)N=c2s/c(=C\c3ccc(COc4ccc(F)c(Cl)c4)o3)c(=O)n2[C@H]1c1ccccc1. The predicted molar refractivity (Wildman–Crippen MR) is 141 cm³/mol. The van der Waals surface area contributed by atoms with Crippen molar-refractivity contribution in [3.63, 3.8) is 0 Å².